The summed E-state index contributed by atoms with van der Waals surface area (Å²) in [6, 6.07) is 3.12. The summed E-state index contributed by atoms with van der Waals surface area (Å²) in [6.07, 6.45) is 0.627. The van der Waals surface area contributed by atoms with Crippen LogP contribution in [-0.4, -0.2) is 11.4 Å². The summed E-state index contributed by atoms with van der Waals surface area (Å²) in [6.45, 7) is -0.205. The van der Waals surface area contributed by atoms with E-state index in [4.69, 9.17) is 5.11 Å². The molecule has 72 valence electrons. The number of carbonyl (C=O) groups is 1. The lowest BCUT2D eigenvalue weighted by atomic mass is 10.1. The first-order chi connectivity index (χ1) is 6.76. The number of thiophene rings is 1. The lowest BCUT2D eigenvalue weighted by molar-refractivity contribution is 0.112. The fraction of sp³-hybridized carbons (Fsp3) is 0.100. The Morgan fingerprint density at radius 2 is 2.29 bits per heavy atom. The molecule has 1 N–H and O–H groups in total. The van der Waals surface area contributed by atoms with Gasteiger partial charge in [0.15, 0.2) is 0 Å². The molecule has 2 nitrogen and oxygen atoms in total. The highest BCUT2D eigenvalue weighted by Gasteiger charge is 2.08. The Bertz CT molecular complexity index is 490. The molecule has 0 bridgehead atoms. The van der Waals surface area contributed by atoms with E-state index in [0.29, 0.717) is 22.8 Å². The average Bonchev–Trinajstić information content (AvgIpc) is 2.58. The maximum absolute atomic E-state index is 13.1. The molecule has 0 saturated carbocycles. The van der Waals surface area contributed by atoms with Gasteiger partial charge in [0.2, 0.25) is 0 Å². The highest BCUT2D eigenvalue weighted by Crippen LogP contribution is 2.27. The van der Waals surface area contributed by atoms with Crippen molar-refractivity contribution in [3.8, 4) is 0 Å². The van der Waals surface area contributed by atoms with Crippen LogP contribution in [0.4, 0.5) is 4.39 Å². The fourth-order valence-electron chi connectivity index (χ4n) is 1.35. The largest absolute Gasteiger partial charge is 0.392 e. The molecule has 2 aromatic rings. The Balaban J connectivity index is 2.77. The maximum Gasteiger partial charge on any atom is 0.150 e. The monoisotopic (exact) mass is 210 g/mol. The first-order valence-electron chi connectivity index (χ1n) is 4.02. The molecule has 0 radical (unpaired) electrons. The Morgan fingerprint density at radius 3 is 2.93 bits per heavy atom. The van der Waals surface area contributed by atoms with Gasteiger partial charge in [0.25, 0.3) is 0 Å². The molecule has 0 aliphatic rings. The van der Waals surface area contributed by atoms with Crippen molar-refractivity contribution < 1.29 is 14.3 Å². The zero-order valence-corrected chi connectivity index (χ0v) is 7.97. The van der Waals surface area contributed by atoms with E-state index in [2.05, 4.69) is 0 Å². The minimum absolute atomic E-state index is 0.205. The molecular formula is C10H7FO2S. The SMILES string of the molecule is O=Cc1cc2c(F)csc2cc1CO. The Labute approximate surface area is 83.6 Å². The highest BCUT2D eigenvalue weighted by molar-refractivity contribution is 7.17. The number of carbonyl (C=O) groups excluding carboxylic acids is 1. The van der Waals surface area contributed by atoms with Gasteiger partial charge in [-0.2, -0.15) is 0 Å². The molecule has 4 heteroatoms. The molecule has 0 spiro atoms. The molecule has 1 aromatic heterocycles. The molecule has 1 heterocycles. The van der Waals surface area contributed by atoms with E-state index in [1.807, 2.05) is 0 Å². The van der Waals surface area contributed by atoms with Gasteiger partial charge in [0.05, 0.1) is 6.61 Å². The summed E-state index contributed by atoms with van der Waals surface area (Å²) in [5.74, 6) is -0.322. The number of aliphatic hydroxyl groups is 1. The van der Waals surface area contributed by atoms with Gasteiger partial charge in [-0.05, 0) is 17.7 Å². The van der Waals surface area contributed by atoms with Gasteiger partial charge in [0, 0.05) is 21.0 Å². The van der Waals surface area contributed by atoms with Crippen LogP contribution in [0.3, 0.4) is 0 Å². The van der Waals surface area contributed by atoms with Crippen LogP contribution in [-0.2, 0) is 6.61 Å². The molecule has 1 aromatic carbocycles. The summed E-state index contributed by atoms with van der Waals surface area (Å²) in [5, 5.41) is 10.8. The van der Waals surface area contributed by atoms with Crippen molar-refractivity contribution in [1.82, 2.24) is 0 Å². The van der Waals surface area contributed by atoms with Gasteiger partial charge in [-0.15, -0.1) is 11.3 Å². The number of hydrogen-bond donors (Lipinski definition) is 1. The number of fused-ring (bicyclic) bond motifs is 1. The van der Waals surface area contributed by atoms with E-state index in [-0.39, 0.29) is 12.4 Å². The number of hydrogen-bond acceptors (Lipinski definition) is 3. The summed E-state index contributed by atoms with van der Waals surface area (Å²) < 4.78 is 13.9. The second-order valence-electron chi connectivity index (χ2n) is 2.91. The van der Waals surface area contributed by atoms with Crippen LogP contribution >= 0.6 is 11.3 Å². The summed E-state index contributed by atoms with van der Waals surface area (Å²) in [7, 11) is 0. The summed E-state index contributed by atoms with van der Waals surface area (Å²) in [5.41, 5.74) is 0.881. The normalized spacial score (nSPS) is 10.7. The lowest BCUT2D eigenvalue weighted by Gasteiger charge is -2.00. The first-order valence-corrected chi connectivity index (χ1v) is 4.90. The smallest absolute Gasteiger partial charge is 0.150 e. The quantitative estimate of drug-likeness (QED) is 0.772. The summed E-state index contributed by atoms with van der Waals surface area (Å²) >= 11 is 1.26. The van der Waals surface area contributed by atoms with Crippen LogP contribution in [0.15, 0.2) is 17.5 Å². The van der Waals surface area contributed by atoms with Crippen molar-refractivity contribution in [2.45, 2.75) is 6.61 Å². The van der Waals surface area contributed by atoms with E-state index in [1.165, 1.54) is 22.8 Å². The maximum atomic E-state index is 13.1. The number of aliphatic hydroxyl groups excluding tert-OH is 1. The highest BCUT2D eigenvalue weighted by atomic mass is 32.1. The summed E-state index contributed by atoms with van der Waals surface area (Å²) in [4.78, 5) is 10.6. The fourth-order valence-corrected chi connectivity index (χ4v) is 2.20. The Morgan fingerprint density at radius 1 is 1.50 bits per heavy atom. The predicted octanol–water partition coefficient (Wildman–Crippen LogP) is 2.35. The number of benzene rings is 1. The van der Waals surface area contributed by atoms with Gasteiger partial charge in [0.1, 0.15) is 12.1 Å². The van der Waals surface area contributed by atoms with E-state index in [1.54, 1.807) is 6.07 Å². The molecule has 0 fully saturated rings. The topological polar surface area (TPSA) is 37.3 Å². The molecule has 0 atom stereocenters. The second kappa shape index (κ2) is 3.48. The lowest BCUT2D eigenvalue weighted by Crippen LogP contribution is -1.91. The third-order valence-electron chi connectivity index (χ3n) is 2.09. The van der Waals surface area contributed by atoms with Crippen LogP contribution in [0.25, 0.3) is 10.1 Å². The molecule has 2 rings (SSSR count). The minimum atomic E-state index is -0.322. The van der Waals surface area contributed by atoms with Gasteiger partial charge in [-0.3, -0.25) is 4.79 Å². The Hall–Kier alpha value is -1.26. The van der Waals surface area contributed by atoms with Crippen molar-refractivity contribution in [2.75, 3.05) is 0 Å². The van der Waals surface area contributed by atoms with Gasteiger partial charge in [-0.25, -0.2) is 4.39 Å². The van der Waals surface area contributed by atoms with E-state index < -0.39 is 0 Å². The third-order valence-corrected chi connectivity index (χ3v) is 3.00. The van der Waals surface area contributed by atoms with Crippen molar-refractivity contribution in [1.29, 1.82) is 0 Å². The van der Waals surface area contributed by atoms with E-state index in [0.717, 1.165) is 4.70 Å². The van der Waals surface area contributed by atoms with Gasteiger partial charge < -0.3 is 5.11 Å². The van der Waals surface area contributed by atoms with Crippen molar-refractivity contribution in [3.05, 3.63) is 34.5 Å². The minimum Gasteiger partial charge on any atom is -0.392 e. The molecule has 0 amide bonds. The number of rotatable bonds is 2. The zero-order valence-electron chi connectivity index (χ0n) is 7.16. The van der Waals surface area contributed by atoms with Crippen LogP contribution in [0, 0.1) is 5.82 Å². The first kappa shape index (κ1) is 9.30. The van der Waals surface area contributed by atoms with Crippen LogP contribution in [0.5, 0.6) is 0 Å². The van der Waals surface area contributed by atoms with Crippen LogP contribution < -0.4 is 0 Å². The standard InChI is InChI=1S/C10H7FO2S/c11-9-5-14-10-2-7(4-13)6(3-12)1-8(9)10/h1-3,5,13H,4H2. The molecule has 0 unspecified atom stereocenters. The van der Waals surface area contributed by atoms with E-state index >= 15 is 0 Å². The van der Waals surface area contributed by atoms with Crippen molar-refractivity contribution in [2.24, 2.45) is 0 Å². The third kappa shape index (κ3) is 1.32. The Kier molecular flexibility index (Phi) is 2.31. The second-order valence-corrected chi connectivity index (χ2v) is 3.82. The molecule has 0 saturated heterocycles. The number of aldehydes is 1. The van der Waals surface area contributed by atoms with Crippen molar-refractivity contribution in [3.63, 3.8) is 0 Å². The molecule has 0 aliphatic carbocycles. The average molecular weight is 210 g/mol. The van der Waals surface area contributed by atoms with Gasteiger partial charge in [-0.1, -0.05) is 0 Å². The van der Waals surface area contributed by atoms with Crippen LogP contribution in [0.2, 0.25) is 0 Å². The van der Waals surface area contributed by atoms with Gasteiger partial charge >= 0.3 is 0 Å². The van der Waals surface area contributed by atoms with Crippen LogP contribution in [0.1, 0.15) is 15.9 Å². The number of halogens is 1. The molecule has 0 aliphatic heterocycles. The predicted molar refractivity (Wildman–Crippen MR) is 53.1 cm³/mol. The molecule has 14 heavy (non-hydrogen) atoms. The van der Waals surface area contributed by atoms with Crippen molar-refractivity contribution >= 4 is 27.7 Å². The zero-order chi connectivity index (χ0) is 10.1. The molecular weight excluding hydrogens is 203 g/mol. The van der Waals surface area contributed by atoms with E-state index in [9.17, 15) is 9.18 Å².